The summed E-state index contributed by atoms with van der Waals surface area (Å²) in [5.41, 5.74) is 3.61. The molecule has 0 saturated heterocycles. The van der Waals surface area contributed by atoms with E-state index in [2.05, 4.69) is 37.4 Å². The molecule has 0 aliphatic rings. The molecule has 1 radical (unpaired) electrons. The summed E-state index contributed by atoms with van der Waals surface area (Å²) in [4.78, 5) is 0. The molecule has 1 heteroatoms. The summed E-state index contributed by atoms with van der Waals surface area (Å²) in [6.07, 6.45) is 0. The normalized spacial score (nSPS) is 9.50. The van der Waals surface area contributed by atoms with Gasteiger partial charge in [0.15, 0.2) is 0 Å². The van der Waals surface area contributed by atoms with Crippen LogP contribution in [0.2, 0.25) is 0 Å². The maximum atomic E-state index is 4.13. The second-order valence-electron chi connectivity index (χ2n) is 2.51. The van der Waals surface area contributed by atoms with Gasteiger partial charge in [0.1, 0.15) is 0 Å². The Morgan fingerprint density at radius 3 is 2.40 bits per heavy atom. The molecule has 0 fully saturated rings. The van der Waals surface area contributed by atoms with Crippen molar-refractivity contribution in [1.82, 2.24) is 5.32 Å². The van der Waals surface area contributed by atoms with Gasteiger partial charge in [0.05, 0.1) is 5.69 Å². The van der Waals surface area contributed by atoms with Gasteiger partial charge in [0.25, 0.3) is 0 Å². The van der Waals surface area contributed by atoms with Gasteiger partial charge in [0, 0.05) is 7.05 Å². The van der Waals surface area contributed by atoms with Gasteiger partial charge in [-0.3, -0.25) is 5.32 Å². The molecule has 0 unspecified atom stereocenters. The van der Waals surface area contributed by atoms with Gasteiger partial charge in [0.2, 0.25) is 0 Å². The molecule has 0 heterocycles. The molecule has 1 nitrogen and oxygen atoms in total. The zero-order chi connectivity index (χ0) is 7.56. The monoisotopic (exact) mass is 134 g/mol. The van der Waals surface area contributed by atoms with Gasteiger partial charge in [-0.15, -0.1) is 0 Å². The van der Waals surface area contributed by atoms with Gasteiger partial charge in [-0.1, -0.05) is 12.1 Å². The van der Waals surface area contributed by atoms with Gasteiger partial charge < -0.3 is 0 Å². The van der Waals surface area contributed by atoms with Crippen molar-refractivity contribution in [3.05, 3.63) is 29.3 Å². The number of rotatable bonds is 1. The fourth-order valence-electron chi connectivity index (χ4n) is 0.960. The van der Waals surface area contributed by atoms with Crippen molar-refractivity contribution in [2.24, 2.45) is 0 Å². The Kier molecular flexibility index (Phi) is 1.95. The molecule has 0 spiro atoms. The topological polar surface area (TPSA) is 14.1 Å². The molecule has 1 rings (SSSR count). The van der Waals surface area contributed by atoms with Crippen LogP contribution in [0.4, 0.5) is 5.69 Å². The Bertz CT molecular complexity index is 228. The lowest BCUT2D eigenvalue weighted by atomic mass is 10.1. The predicted octanol–water partition coefficient (Wildman–Crippen LogP) is 2.17. The molecule has 0 atom stereocenters. The van der Waals surface area contributed by atoms with Crippen LogP contribution in [0.3, 0.4) is 0 Å². The number of benzene rings is 1. The number of hydrogen-bond donors (Lipinski definition) is 0. The van der Waals surface area contributed by atoms with Crippen molar-refractivity contribution in [3.8, 4) is 0 Å². The van der Waals surface area contributed by atoms with Crippen LogP contribution in [0.5, 0.6) is 0 Å². The Morgan fingerprint density at radius 1 is 1.20 bits per heavy atom. The fraction of sp³-hybridized carbons (Fsp3) is 0.333. The van der Waals surface area contributed by atoms with E-state index in [4.69, 9.17) is 0 Å². The maximum Gasteiger partial charge on any atom is 0.0602 e. The van der Waals surface area contributed by atoms with Crippen LogP contribution in [-0.2, 0) is 0 Å². The lowest BCUT2D eigenvalue weighted by Crippen LogP contribution is -1.89. The van der Waals surface area contributed by atoms with E-state index < -0.39 is 0 Å². The van der Waals surface area contributed by atoms with E-state index in [9.17, 15) is 0 Å². The summed E-state index contributed by atoms with van der Waals surface area (Å²) < 4.78 is 0. The second-order valence-corrected chi connectivity index (χ2v) is 2.51. The van der Waals surface area contributed by atoms with E-state index in [1.165, 1.54) is 11.1 Å². The van der Waals surface area contributed by atoms with Crippen LogP contribution in [0.15, 0.2) is 18.2 Å². The Morgan fingerprint density at radius 2 is 1.90 bits per heavy atom. The summed E-state index contributed by atoms with van der Waals surface area (Å²) in [5.74, 6) is 0. The van der Waals surface area contributed by atoms with Gasteiger partial charge in [-0.25, -0.2) is 0 Å². The van der Waals surface area contributed by atoms with Crippen LogP contribution >= 0.6 is 0 Å². The number of hydrogen-bond acceptors (Lipinski definition) is 0. The first kappa shape index (κ1) is 7.13. The molecule has 0 saturated carbocycles. The number of aryl methyl sites for hydroxylation is 2. The van der Waals surface area contributed by atoms with E-state index in [0.717, 1.165) is 5.69 Å². The van der Waals surface area contributed by atoms with Crippen LogP contribution in [0.1, 0.15) is 11.1 Å². The minimum Gasteiger partial charge on any atom is -0.288 e. The average molecular weight is 134 g/mol. The lowest BCUT2D eigenvalue weighted by Gasteiger charge is -2.02. The molecule has 1 aromatic carbocycles. The SMILES string of the molecule is C[N]c1cc(C)ccc1C. The van der Waals surface area contributed by atoms with Crippen LogP contribution in [0.25, 0.3) is 0 Å². The quantitative estimate of drug-likeness (QED) is 0.559. The highest BCUT2D eigenvalue weighted by atomic mass is 14.8. The third kappa shape index (κ3) is 1.29. The molecule has 0 aromatic heterocycles. The molecule has 0 amide bonds. The van der Waals surface area contributed by atoms with Crippen LogP contribution in [-0.4, -0.2) is 7.05 Å². The fourth-order valence-corrected chi connectivity index (χ4v) is 0.960. The smallest absolute Gasteiger partial charge is 0.0602 e. The first-order chi connectivity index (χ1) is 4.74. The zero-order valence-electron chi connectivity index (χ0n) is 6.68. The lowest BCUT2D eigenvalue weighted by molar-refractivity contribution is 1.07. The molecular formula is C9H12N. The Hall–Kier alpha value is -0.980. The van der Waals surface area contributed by atoms with E-state index >= 15 is 0 Å². The largest absolute Gasteiger partial charge is 0.288 e. The van der Waals surface area contributed by atoms with E-state index in [1.54, 1.807) is 0 Å². The van der Waals surface area contributed by atoms with Crippen LogP contribution in [0, 0.1) is 13.8 Å². The third-order valence-corrected chi connectivity index (χ3v) is 1.61. The number of nitrogens with zero attached hydrogens (tertiary/aromatic N) is 1. The van der Waals surface area contributed by atoms with Crippen molar-refractivity contribution < 1.29 is 0 Å². The summed E-state index contributed by atoms with van der Waals surface area (Å²) >= 11 is 0. The van der Waals surface area contributed by atoms with Crippen molar-refractivity contribution >= 4 is 5.69 Å². The van der Waals surface area contributed by atoms with Gasteiger partial charge in [-0.05, 0) is 31.0 Å². The van der Waals surface area contributed by atoms with Crippen molar-refractivity contribution in [3.63, 3.8) is 0 Å². The Balaban J connectivity index is 3.09. The van der Waals surface area contributed by atoms with Crippen LogP contribution < -0.4 is 5.32 Å². The molecule has 0 aliphatic carbocycles. The maximum absolute atomic E-state index is 4.13. The molecule has 0 N–H and O–H groups in total. The minimum absolute atomic E-state index is 1.10. The minimum atomic E-state index is 1.10. The molecule has 0 aliphatic heterocycles. The molecule has 10 heavy (non-hydrogen) atoms. The van der Waals surface area contributed by atoms with Crippen molar-refractivity contribution in [2.45, 2.75) is 13.8 Å². The summed E-state index contributed by atoms with van der Waals surface area (Å²) in [6.45, 7) is 4.15. The molecule has 53 valence electrons. The summed E-state index contributed by atoms with van der Waals surface area (Å²) in [6, 6.07) is 6.29. The van der Waals surface area contributed by atoms with E-state index in [0.29, 0.717) is 0 Å². The molecule has 1 aromatic rings. The summed E-state index contributed by atoms with van der Waals surface area (Å²) in [7, 11) is 1.82. The Labute approximate surface area is 62.1 Å². The highest BCUT2D eigenvalue weighted by molar-refractivity contribution is 5.46. The average Bonchev–Trinajstić information content (AvgIpc) is 1.94. The van der Waals surface area contributed by atoms with E-state index in [1.807, 2.05) is 7.05 Å². The standard InChI is InChI=1S/C9H12N/c1-7-4-5-8(2)9(6-7)10-3/h4-6H,1-3H3. The highest BCUT2D eigenvalue weighted by Gasteiger charge is 1.94. The highest BCUT2D eigenvalue weighted by Crippen LogP contribution is 2.14. The predicted molar refractivity (Wildman–Crippen MR) is 43.6 cm³/mol. The van der Waals surface area contributed by atoms with Gasteiger partial charge in [-0.2, -0.15) is 0 Å². The molecular weight excluding hydrogens is 122 g/mol. The van der Waals surface area contributed by atoms with E-state index in [-0.39, 0.29) is 0 Å². The third-order valence-electron chi connectivity index (χ3n) is 1.61. The second kappa shape index (κ2) is 2.74. The van der Waals surface area contributed by atoms with Crippen molar-refractivity contribution in [2.75, 3.05) is 7.05 Å². The zero-order valence-corrected chi connectivity index (χ0v) is 6.68. The molecule has 0 bridgehead atoms. The van der Waals surface area contributed by atoms with Crippen molar-refractivity contribution in [1.29, 1.82) is 0 Å². The first-order valence-corrected chi connectivity index (χ1v) is 3.41. The first-order valence-electron chi connectivity index (χ1n) is 3.41. The van der Waals surface area contributed by atoms with Gasteiger partial charge >= 0.3 is 0 Å². The summed E-state index contributed by atoms with van der Waals surface area (Å²) in [5, 5.41) is 4.13.